The van der Waals surface area contributed by atoms with E-state index in [1.807, 2.05) is 68.1 Å². The summed E-state index contributed by atoms with van der Waals surface area (Å²) in [5.41, 5.74) is 4.09. The first-order valence-corrected chi connectivity index (χ1v) is 12.3. The minimum Gasteiger partial charge on any atom is -0.505 e. The number of benzene rings is 2. The Balaban J connectivity index is 1.61. The van der Waals surface area contributed by atoms with E-state index in [0.29, 0.717) is 31.1 Å². The van der Waals surface area contributed by atoms with Crippen molar-refractivity contribution in [1.82, 2.24) is 19.4 Å². The number of carboxylic acids is 1. The summed E-state index contributed by atoms with van der Waals surface area (Å²) in [5.74, 6) is -0.118. The summed E-state index contributed by atoms with van der Waals surface area (Å²) in [7, 11) is 3.85. The van der Waals surface area contributed by atoms with E-state index in [0.717, 1.165) is 35.2 Å². The van der Waals surface area contributed by atoms with Crippen molar-refractivity contribution < 1.29 is 20.1 Å². The first-order valence-electron chi connectivity index (χ1n) is 12.3. The molecular weight excluding hydrogens is 472 g/mol. The van der Waals surface area contributed by atoms with Gasteiger partial charge in [-0.2, -0.15) is 0 Å². The normalized spacial score (nSPS) is 15.2. The number of hydrogen-bond donors (Lipinski definition) is 3. The number of nitrogens with zero attached hydrogens (tertiary/aromatic N) is 6. The molecule has 196 valence electrons. The number of rotatable bonds is 8. The van der Waals surface area contributed by atoms with Gasteiger partial charge in [0, 0.05) is 0 Å². The Kier molecular flexibility index (Phi) is 7.89. The van der Waals surface area contributed by atoms with E-state index in [4.69, 9.17) is 5.11 Å². The third-order valence-corrected chi connectivity index (χ3v) is 6.80. The molecule has 3 N–H and O–H groups in total. The Morgan fingerprint density at radius 3 is 2.46 bits per heavy atom. The highest BCUT2D eigenvalue weighted by Gasteiger charge is 2.25. The maximum atomic E-state index is 11.0. The molecule has 0 atom stereocenters. The van der Waals surface area contributed by atoms with Crippen LogP contribution in [0.25, 0.3) is 5.69 Å². The van der Waals surface area contributed by atoms with Crippen molar-refractivity contribution in [2.45, 2.75) is 39.2 Å². The molecule has 10 heteroatoms. The van der Waals surface area contributed by atoms with Gasteiger partial charge in [0.15, 0.2) is 0 Å². The highest BCUT2D eigenvalue weighted by Crippen LogP contribution is 2.40. The fraction of sp³-hybridized carbons (Fsp3) is 0.407. The minimum atomic E-state index is -0.833. The Bertz CT molecular complexity index is 1310. The van der Waals surface area contributed by atoms with Crippen LogP contribution in [0.3, 0.4) is 0 Å². The molecule has 2 aromatic carbocycles. The third kappa shape index (κ3) is 5.98. The van der Waals surface area contributed by atoms with Gasteiger partial charge < -0.3 is 20.2 Å². The summed E-state index contributed by atoms with van der Waals surface area (Å²) in [6, 6.07) is 11.3. The van der Waals surface area contributed by atoms with Gasteiger partial charge in [-0.05, 0) is 94.7 Å². The van der Waals surface area contributed by atoms with Crippen molar-refractivity contribution in [2.24, 2.45) is 10.2 Å². The molecular formula is C27H34N6O4. The summed E-state index contributed by atoms with van der Waals surface area (Å²) in [5, 5.41) is 39.5. The predicted octanol–water partition coefficient (Wildman–Crippen LogP) is 4.64. The van der Waals surface area contributed by atoms with Gasteiger partial charge in [0.2, 0.25) is 11.7 Å². The van der Waals surface area contributed by atoms with Crippen molar-refractivity contribution in [3.8, 4) is 17.3 Å². The molecule has 1 aliphatic heterocycles. The summed E-state index contributed by atoms with van der Waals surface area (Å²) < 4.78 is 1.67. The molecule has 0 saturated carbocycles. The number of carbonyl (C=O) groups is 1. The number of phenolic OH excluding ortho intramolecular Hbond substituents is 1. The molecule has 10 nitrogen and oxygen atoms in total. The number of carboxylic acid groups (broad SMARTS) is 1. The first kappa shape index (κ1) is 26.3. The van der Waals surface area contributed by atoms with Gasteiger partial charge in [-0.3, -0.25) is 14.3 Å². The second kappa shape index (κ2) is 11.1. The molecule has 4 rings (SSSR count). The van der Waals surface area contributed by atoms with Gasteiger partial charge in [-0.25, -0.2) is 4.98 Å². The Labute approximate surface area is 216 Å². The van der Waals surface area contributed by atoms with E-state index in [1.165, 1.54) is 0 Å². The second-order valence-corrected chi connectivity index (χ2v) is 9.88. The van der Waals surface area contributed by atoms with Crippen LogP contribution in [-0.4, -0.2) is 74.4 Å². The van der Waals surface area contributed by atoms with Gasteiger partial charge >= 0.3 is 5.97 Å². The average molecular weight is 507 g/mol. The van der Waals surface area contributed by atoms with E-state index >= 15 is 0 Å². The van der Waals surface area contributed by atoms with Crippen LogP contribution in [0.1, 0.15) is 41.3 Å². The molecule has 0 radical (unpaired) electrons. The smallest absolute Gasteiger partial charge is 0.317 e. The summed E-state index contributed by atoms with van der Waals surface area (Å²) >= 11 is 0. The van der Waals surface area contributed by atoms with Crippen LogP contribution in [0.15, 0.2) is 46.6 Å². The number of hydrogen-bond acceptors (Lipinski definition) is 8. The van der Waals surface area contributed by atoms with Crippen molar-refractivity contribution >= 4 is 17.5 Å². The van der Waals surface area contributed by atoms with Crippen LogP contribution >= 0.6 is 0 Å². The zero-order chi connectivity index (χ0) is 26.7. The molecule has 1 saturated heterocycles. The SMILES string of the molecule is Cc1ccc(-n2c(CN(C)C)nc(N=Nc3cccc(C4CCN(CC(=O)O)CC4)c3O)c2O)cc1C. The van der Waals surface area contributed by atoms with Crippen LogP contribution in [0.5, 0.6) is 11.6 Å². The Morgan fingerprint density at radius 2 is 1.81 bits per heavy atom. The summed E-state index contributed by atoms with van der Waals surface area (Å²) in [4.78, 5) is 19.4. The first-order chi connectivity index (χ1) is 17.6. The summed E-state index contributed by atoms with van der Waals surface area (Å²) in [6.07, 6.45) is 1.49. The summed E-state index contributed by atoms with van der Waals surface area (Å²) in [6.45, 7) is 5.87. The Hall–Kier alpha value is -3.76. The molecule has 2 heterocycles. The minimum absolute atomic E-state index is 0.0288. The van der Waals surface area contributed by atoms with Crippen LogP contribution in [0.4, 0.5) is 11.5 Å². The quantitative estimate of drug-likeness (QED) is 0.380. The number of para-hydroxylation sites is 1. The lowest BCUT2D eigenvalue weighted by molar-refractivity contribution is -0.138. The number of aromatic hydroxyl groups is 2. The molecule has 0 bridgehead atoms. The molecule has 0 spiro atoms. The van der Waals surface area contributed by atoms with Gasteiger partial charge in [0.1, 0.15) is 17.3 Å². The Morgan fingerprint density at radius 1 is 1.08 bits per heavy atom. The number of piperidine rings is 1. The van der Waals surface area contributed by atoms with Gasteiger partial charge in [-0.1, -0.05) is 18.2 Å². The molecule has 1 aliphatic rings. The molecule has 3 aromatic rings. The van der Waals surface area contributed by atoms with E-state index < -0.39 is 5.97 Å². The second-order valence-electron chi connectivity index (χ2n) is 9.88. The van der Waals surface area contributed by atoms with Crippen LogP contribution in [0.2, 0.25) is 0 Å². The number of phenols is 1. The number of aryl methyl sites for hydroxylation is 2. The number of aromatic nitrogens is 2. The highest BCUT2D eigenvalue weighted by atomic mass is 16.4. The van der Waals surface area contributed by atoms with Gasteiger partial charge in [0.05, 0.1) is 18.8 Å². The van der Waals surface area contributed by atoms with E-state index in [1.54, 1.807) is 10.6 Å². The van der Waals surface area contributed by atoms with Gasteiger partial charge in [-0.15, -0.1) is 10.2 Å². The number of azo groups is 1. The molecule has 1 fully saturated rings. The van der Waals surface area contributed by atoms with Crippen LogP contribution in [0, 0.1) is 13.8 Å². The number of aliphatic carboxylic acids is 1. The molecule has 1 aromatic heterocycles. The predicted molar refractivity (Wildman–Crippen MR) is 140 cm³/mol. The van der Waals surface area contributed by atoms with Crippen molar-refractivity contribution in [1.29, 1.82) is 0 Å². The average Bonchev–Trinajstić information content (AvgIpc) is 3.14. The standard InChI is InChI=1S/C27H34N6O4/c1-17-8-9-20(14-18(17)2)33-23(15-31(3)4)28-26(27(33)37)30-29-22-7-5-6-21(25(22)36)19-10-12-32(13-11-19)16-24(34)35/h5-9,14,19,36-37H,10-13,15-16H2,1-4H3,(H,34,35). The fourth-order valence-corrected chi connectivity index (χ4v) is 4.69. The van der Waals surface area contributed by atoms with E-state index in [9.17, 15) is 15.0 Å². The molecule has 0 amide bonds. The topological polar surface area (TPSA) is 127 Å². The lowest BCUT2D eigenvalue weighted by Crippen LogP contribution is -2.36. The maximum absolute atomic E-state index is 11.0. The number of likely N-dealkylation sites (tertiary alicyclic amines) is 1. The van der Waals surface area contributed by atoms with E-state index in [2.05, 4.69) is 15.2 Å². The number of imidazole rings is 1. The van der Waals surface area contributed by atoms with Crippen molar-refractivity contribution in [2.75, 3.05) is 33.7 Å². The lowest BCUT2D eigenvalue weighted by atomic mass is 9.88. The third-order valence-electron chi connectivity index (χ3n) is 6.80. The highest BCUT2D eigenvalue weighted by molar-refractivity contribution is 5.69. The van der Waals surface area contributed by atoms with Crippen molar-refractivity contribution in [3.05, 3.63) is 58.9 Å². The van der Waals surface area contributed by atoms with Crippen LogP contribution in [-0.2, 0) is 11.3 Å². The van der Waals surface area contributed by atoms with Crippen LogP contribution < -0.4 is 0 Å². The maximum Gasteiger partial charge on any atom is 0.317 e. The zero-order valence-electron chi connectivity index (χ0n) is 21.7. The van der Waals surface area contributed by atoms with Crippen molar-refractivity contribution in [3.63, 3.8) is 0 Å². The lowest BCUT2D eigenvalue weighted by Gasteiger charge is -2.31. The molecule has 0 aliphatic carbocycles. The zero-order valence-corrected chi connectivity index (χ0v) is 21.7. The largest absolute Gasteiger partial charge is 0.505 e. The monoisotopic (exact) mass is 506 g/mol. The van der Waals surface area contributed by atoms with Gasteiger partial charge in [0.25, 0.3) is 0 Å². The van der Waals surface area contributed by atoms with E-state index in [-0.39, 0.29) is 29.9 Å². The molecule has 37 heavy (non-hydrogen) atoms. The molecule has 0 unspecified atom stereocenters. The fourth-order valence-electron chi connectivity index (χ4n) is 4.69.